The van der Waals surface area contributed by atoms with Gasteiger partial charge in [0.2, 0.25) is 0 Å². The fourth-order valence-electron chi connectivity index (χ4n) is 1.94. The van der Waals surface area contributed by atoms with Gasteiger partial charge in [-0.3, -0.25) is 0 Å². The van der Waals surface area contributed by atoms with Gasteiger partial charge in [-0.05, 0) is 38.3 Å². The quantitative estimate of drug-likeness (QED) is 0.511. The van der Waals surface area contributed by atoms with E-state index >= 15 is 0 Å². The van der Waals surface area contributed by atoms with E-state index in [0.717, 1.165) is 17.7 Å². The van der Waals surface area contributed by atoms with Crippen molar-refractivity contribution in [3.63, 3.8) is 0 Å². The Balaban J connectivity index is 2.08. The molecule has 0 aliphatic heterocycles. The number of hydrogen-bond donors (Lipinski definition) is 1. The van der Waals surface area contributed by atoms with Crippen LogP contribution in [0.2, 0.25) is 0 Å². The molecule has 5 heteroatoms. The van der Waals surface area contributed by atoms with Crippen molar-refractivity contribution in [3.05, 3.63) is 42.5 Å². The average molecular weight is 278 g/mol. The number of nitrogens with one attached hydrogen (secondary N) is 1. The first-order valence-corrected chi connectivity index (χ1v) is 7.67. The lowest BCUT2D eigenvalue weighted by atomic mass is 10.2. The number of allylic oxidation sites excluding steroid dienone is 1. The molecule has 1 N–H and O–H groups in total. The van der Waals surface area contributed by atoms with E-state index in [0.29, 0.717) is 11.8 Å². The standard InChI is InChI=1S/C14H18N2O2S/c1-4-12-9-14(12)11(3)15-16-19(17,18)13-7-5-10(2)6-8-13/h4-8,12,14,16H,1,9H2,2-3H3/b15-11+/t12-,14-/m0/s1. The van der Waals surface area contributed by atoms with E-state index in [2.05, 4.69) is 16.5 Å². The largest absolute Gasteiger partial charge is 0.276 e. The highest BCUT2D eigenvalue weighted by molar-refractivity contribution is 7.89. The minimum absolute atomic E-state index is 0.228. The third-order valence-corrected chi connectivity index (χ3v) is 4.58. The molecule has 19 heavy (non-hydrogen) atoms. The average Bonchev–Trinajstić information content (AvgIpc) is 3.16. The van der Waals surface area contributed by atoms with Gasteiger partial charge in [0.25, 0.3) is 10.0 Å². The van der Waals surface area contributed by atoms with Crippen molar-refractivity contribution in [1.82, 2.24) is 4.83 Å². The SMILES string of the molecule is C=C[C@H]1C[C@H]1/C(C)=N/NS(=O)(=O)c1ccc(C)cc1. The summed E-state index contributed by atoms with van der Waals surface area (Å²) in [6.07, 6.45) is 2.89. The molecular formula is C14H18N2O2S. The van der Waals surface area contributed by atoms with E-state index in [-0.39, 0.29) is 4.90 Å². The molecule has 0 spiro atoms. The predicted octanol–water partition coefficient (Wildman–Crippen LogP) is 2.47. The molecular weight excluding hydrogens is 260 g/mol. The second-order valence-corrected chi connectivity index (χ2v) is 6.56. The Morgan fingerprint density at radius 3 is 2.58 bits per heavy atom. The van der Waals surface area contributed by atoms with Crippen LogP contribution >= 0.6 is 0 Å². The number of nitrogens with zero attached hydrogens (tertiary/aromatic N) is 1. The van der Waals surface area contributed by atoms with Crippen LogP contribution in [0.25, 0.3) is 0 Å². The maximum atomic E-state index is 12.0. The van der Waals surface area contributed by atoms with Crippen molar-refractivity contribution in [3.8, 4) is 0 Å². The van der Waals surface area contributed by atoms with Crippen LogP contribution in [0, 0.1) is 18.8 Å². The van der Waals surface area contributed by atoms with Gasteiger partial charge in [-0.25, -0.2) is 4.83 Å². The number of hydrazone groups is 1. The summed E-state index contributed by atoms with van der Waals surface area (Å²) in [5, 5.41) is 3.99. The maximum Gasteiger partial charge on any atom is 0.276 e. The third kappa shape index (κ3) is 3.23. The molecule has 0 unspecified atom stereocenters. The molecule has 0 heterocycles. The van der Waals surface area contributed by atoms with E-state index in [1.54, 1.807) is 24.3 Å². The Labute approximate surface area is 114 Å². The van der Waals surface area contributed by atoms with Gasteiger partial charge in [-0.2, -0.15) is 13.5 Å². The van der Waals surface area contributed by atoms with Crippen molar-refractivity contribution in [2.75, 3.05) is 0 Å². The highest BCUT2D eigenvalue weighted by Crippen LogP contribution is 2.40. The smallest absolute Gasteiger partial charge is 0.200 e. The summed E-state index contributed by atoms with van der Waals surface area (Å²) < 4.78 is 24.0. The second kappa shape index (κ2) is 5.17. The molecule has 4 nitrogen and oxygen atoms in total. The number of benzene rings is 1. The molecule has 0 bridgehead atoms. The molecule has 1 fully saturated rings. The maximum absolute atomic E-state index is 12.0. The van der Waals surface area contributed by atoms with Gasteiger partial charge in [0.05, 0.1) is 4.90 Å². The fourth-order valence-corrected chi connectivity index (χ4v) is 2.80. The van der Waals surface area contributed by atoms with Crippen molar-refractivity contribution >= 4 is 15.7 Å². The van der Waals surface area contributed by atoms with Crippen LogP contribution in [0.15, 0.2) is 46.9 Å². The molecule has 0 amide bonds. The van der Waals surface area contributed by atoms with Crippen molar-refractivity contribution in [1.29, 1.82) is 0 Å². The molecule has 1 aromatic carbocycles. The summed E-state index contributed by atoms with van der Waals surface area (Å²) in [4.78, 5) is 2.51. The predicted molar refractivity (Wildman–Crippen MR) is 76.4 cm³/mol. The van der Waals surface area contributed by atoms with E-state index < -0.39 is 10.0 Å². The first-order valence-electron chi connectivity index (χ1n) is 6.19. The van der Waals surface area contributed by atoms with Gasteiger partial charge in [0.15, 0.2) is 0 Å². The number of hydrogen-bond acceptors (Lipinski definition) is 3. The highest BCUT2D eigenvalue weighted by atomic mass is 32.2. The number of sulfonamides is 1. The number of aryl methyl sites for hydroxylation is 1. The lowest BCUT2D eigenvalue weighted by molar-refractivity contribution is 0.584. The number of rotatable bonds is 5. The Bertz CT molecular complexity index is 603. The van der Waals surface area contributed by atoms with Gasteiger partial charge in [-0.1, -0.05) is 23.8 Å². The van der Waals surface area contributed by atoms with Crippen molar-refractivity contribution in [2.45, 2.75) is 25.2 Å². The molecule has 0 saturated heterocycles. The van der Waals surface area contributed by atoms with Crippen LogP contribution in [0.5, 0.6) is 0 Å². The highest BCUT2D eigenvalue weighted by Gasteiger charge is 2.36. The molecule has 1 aliphatic carbocycles. The second-order valence-electron chi connectivity index (χ2n) is 4.90. The van der Waals surface area contributed by atoms with Crippen LogP contribution in [0.1, 0.15) is 18.9 Å². The van der Waals surface area contributed by atoms with Crippen molar-refractivity contribution < 1.29 is 8.42 Å². The lowest BCUT2D eigenvalue weighted by Gasteiger charge is -2.05. The normalized spacial score (nSPS) is 22.9. The summed E-state index contributed by atoms with van der Waals surface area (Å²) in [5.74, 6) is 0.769. The zero-order valence-electron chi connectivity index (χ0n) is 11.1. The minimum Gasteiger partial charge on any atom is -0.200 e. The Morgan fingerprint density at radius 2 is 2.05 bits per heavy atom. The molecule has 2 rings (SSSR count). The van der Waals surface area contributed by atoms with E-state index in [1.165, 1.54) is 0 Å². The van der Waals surface area contributed by atoms with E-state index in [4.69, 9.17) is 0 Å². The summed E-state index contributed by atoms with van der Waals surface area (Å²) in [6.45, 7) is 7.48. The van der Waals surface area contributed by atoms with Crippen LogP contribution < -0.4 is 4.83 Å². The van der Waals surface area contributed by atoms with Gasteiger partial charge >= 0.3 is 0 Å². The zero-order chi connectivity index (χ0) is 14.0. The first-order chi connectivity index (χ1) is 8.94. The summed E-state index contributed by atoms with van der Waals surface area (Å²) in [7, 11) is -3.57. The van der Waals surface area contributed by atoms with Crippen LogP contribution in [0.4, 0.5) is 0 Å². The molecule has 1 saturated carbocycles. The summed E-state index contributed by atoms with van der Waals surface area (Å²) in [5.41, 5.74) is 1.83. The molecule has 102 valence electrons. The Kier molecular flexibility index (Phi) is 3.75. The molecule has 1 aliphatic rings. The van der Waals surface area contributed by atoms with Gasteiger partial charge in [0, 0.05) is 11.6 Å². The van der Waals surface area contributed by atoms with Crippen LogP contribution in [0.3, 0.4) is 0 Å². The Hall–Kier alpha value is -1.62. The summed E-state index contributed by atoms with van der Waals surface area (Å²) in [6, 6.07) is 6.68. The van der Waals surface area contributed by atoms with Gasteiger partial charge in [0.1, 0.15) is 0 Å². The van der Waals surface area contributed by atoms with Gasteiger partial charge in [-0.15, -0.1) is 6.58 Å². The third-order valence-electron chi connectivity index (χ3n) is 3.35. The molecule has 0 aromatic heterocycles. The fraction of sp³-hybridized carbons (Fsp3) is 0.357. The monoisotopic (exact) mass is 278 g/mol. The molecule has 0 radical (unpaired) electrons. The van der Waals surface area contributed by atoms with Crippen LogP contribution in [-0.4, -0.2) is 14.1 Å². The molecule has 2 atom stereocenters. The zero-order valence-corrected chi connectivity index (χ0v) is 11.9. The lowest BCUT2D eigenvalue weighted by Crippen LogP contribution is -2.20. The molecule has 1 aromatic rings. The Morgan fingerprint density at radius 1 is 1.42 bits per heavy atom. The minimum atomic E-state index is -3.57. The van der Waals surface area contributed by atoms with E-state index in [1.807, 2.05) is 19.9 Å². The first kappa shape index (κ1) is 13.8. The van der Waals surface area contributed by atoms with Gasteiger partial charge < -0.3 is 0 Å². The van der Waals surface area contributed by atoms with Crippen molar-refractivity contribution in [2.24, 2.45) is 16.9 Å². The van der Waals surface area contributed by atoms with Crippen LogP contribution in [-0.2, 0) is 10.0 Å². The van der Waals surface area contributed by atoms with E-state index in [9.17, 15) is 8.42 Å². The summed E-state index contributed by atoms with van der Waals surface area (Å²) >= 11 is 0. The topological polar surface area (TPSA) is 58.5 Å².